The van der Waals surface area contributed by atoms with Crippen molar-refractivity contribution in [3.05, 3.63) is 71.2 Å². The Hall–Kier alpha value is -4.22. The fourth-order valence-corrected chi connectivity index (χ4v) is 3.32. The monoisotopic (exact) mass is 534 g/mol. The molecule has 0 spiro atoms. The highest BCUT2D eigenvalue weighted by molar-refractivity contribution is 5.75. The molecular formula is C26H29F3N4O5. The molecule has 1 aliphatic carbocycles. The Kier molecular flexibility index (Phi) is 9.97. The topological polar surface area (TPSA) is 95.0 Å². The lowest BCUT2D eigenvalue weighted by Gasteiger charge is -2.12. The van der Waals surface area contributed by atoms with Gasteiger partial charge in [0.1, 0.15) is 12.4 Å². The van der Waals surface area contributed by atoms with Crippen LogP contribution in [0.15, 0.2) is 65.4 Å². The Morgan fingerprint density at radius 3 is 2.42 bits per heavy atom. The predicted octanol–water partition coefficient (Wildman–Crippen LogP) is 4.97. The van der Waals surface area contributed by atoms with Crippen LogP contribution in [0.5, 0.6) is 11.5 Å². The molecule has 38 heavy (non-hydrogen) atoms. The van der Waals surface area contributed by atoms with Gasteiger partial charge in [-0.25, -0.2) is 23.1 Å². The third kappa shape index (κ3) is 7.40. The summed E-state index contributed by atoms with van der Waals surface area (Å²) in [6.45, 7) is -0.262. The SMILES string of the molecule is COC1=CCC(OC)=C(F)C(COc2cnc(Nc3ccc(OCCCC(=O)N(C)C)c(F)c3)nc2)=C1F. The standard InChI is InChI=1S/C26H29F3N4O5/c1-33(2)23(34)6-5-11-37-20-8-7-16(12-19(20)27)32-26-30-13-17(14-31-26)38-15-18-24(28)21(35-3)9-10-22(36-4)25(18)29/h7-9,12-14H,5-6,10-11,15H2,1-4H3,(H,30,31,32). The van der Waals surface area contributed by atoms with Gasteiger partial charge < -0.3 is 29.2 Å². The number of ether oxygens (including phenoxy) is 4. The second-order valence-electron chi connectivity index (χ2n) is 8.25. The number of methoxy groups -OCH3 is 2. The van der Waals surface area contributed by atoms with E-state index in [1.165, 1.54) is 49.7 Å². The predicted molar refractivity (Wildman–Crippen MR) is 134 cm³/mol. The summed E-state index contributed by atoms with van der Waals surface area (Å²) < 4.78 is 64.8. The summed E-state index contributed by atoms with van der Waals surface area (Å²) in [7, 11) is 5.91. The summed E-state index contributed by atoms with van der Waals surface area (Å²) in [5, 5.41) is 2.85. The molecule has 9 nitrogen and oxygen atoms in total. The number of aromatic nitrogens is 2. The molecule has 0 radical (unpaired) electrons. The first kappa shape index (κ1) is 28.4. The van der Waals surface area contributed by atoms with Crippen LogP contribution in [0.3, 0.4) is 0 Å². The van der Waals surface area contributed by atoms with Crippen LogP contribution in [-0.4, -0.2) is 62.3 Å². The highest BCUT2D eigenvalue weighted by Gasteiger charge is 2.24. The Morgan fingerprint density at radius 2 is 1.79 bits per heavy atom. The van der Waals surface area contributed by atoms with Crippen molar-refractivity contribution in [2.45, 2.75) is 19.3 Å². The molecule has 3 rings (SSSR count). The number of carbonyl (C=O) groups is 1. The smallest absolute Gasteiger partial charge is 0.227 e. The molecule has 0 bridgehead atoms. The van der Waals surface area contributed by atoms with Gasteiger partial charge in [0.15, 0.2) is 34.7 Å². The zero-order chi connectivity index (χ0) is 27.7. The number of halogens is 3. The number of nitrogens with zero attached hydrogens (tertiary/aromatic N) is 3. The minimum absolute atomic E-state index is 0.0252. The van der Waals surface area contributed by atoms with Crippen LogP contribution in [0.2, 0.25) is 0 Å². The van der Waals surface area contributed by atoms with Gasteiger partial charge in [-0.15, -0.1) is 0 Å². The van der Waals surface area contributed by atoms with Crippen LogP contribution in [0.25, 0.3) is 0 Å². The maximum Gasteiger partial charge on any atom is 0.227 e. The van der Waals surface area contributed by atoms with Gasteiger partial charge in [0.2, 0.25) is 11.9 Å². The third-order valence-electron chi connectivity index (χ3n) is 5.42. The van der Waals surface area contributed by atoms with Crippen molar-refractivity contribution in [2.24, 2.45) is 0 Å². The molecule has 0 fully saturated rings. The van der Waals surface area contributed by atoms with E-state index in [0.717, 1.165) is 0 Å². The number of anilines is 2. The summed E-state index contributed by atoms with van der Waals surface area (Å²) >= 11 is 0. The van der Waals surface area contributed by atoms with Gasteiger partial charge in [0, 0.05) is 38.7 Å². The van der Waals surface area contributed by atoms with Crippen molar-refractivity contribution in [1.82, 2.24) is 14.9 Å². The van der Waals surface area contributed by atoms with Gasteiger partial charge in [-0.2, -0.15) is 0 Å². The highest BCUT2D eigenvalue weighted by Crippen LogP contribution is 2.32. The first-order chi connectivity index (χ1) is 18.2. The van der Waals surface area contributed by atoms with Gasteiger partial charge in [-0.3, -0.25) is 4.79 Å². The maximum atomic E-state index is 14.7. The minimum Gasteiger partial charge on any atom is -0.498 e. The first-order valence-corrected chi connectivity index (χ1v) is 11.6. The maximum absolute atomic E-state index is 14.7. The molecule has 12 heteroatoms. The number of nitrogens with one attached hydrogen (secondary N) is 1. The molecule has 1 N–H and O–H groups in total. The minimum atomic E-state index is -0.896. The molecule has 1 heterocycles. The summed E-state index contributed by atoms with van der Waals surface area (Å²) in [5.74, 6) is -2.21. The van der Waals surface area contributed by atoms with Crippen molar-refractivity contribution >= 4 is 17.5 Å². The molecule has 0 saturated heterocycles. The van der Waals surface area contributed by atoms with E-state index in [2.05, 4.69) is 15.3 Å². The fraction of sp³-hybridized carbons (Fsp3) is 0.346. The van der Waals surface area contributed by atoms with E-state index >= 15 is 0 Å². The van der Waals surface area contributed by atoms with Crippen molar-refractivity contribution < 1.29 is 36.9 Å². The highest BCUT2D eigenvalue weighted by atomic mass is 19.1. The summed E-state index contributed by atoms with van der Waals surface area (Å²) in [6.07, 6.45) is 4.78. The molecule has 1 aromatic heterocycles. The number of allylic oxidation sites excluding steroid dienone is 2. The van der Waals surface area contributed by atoms with Crippen LogP contribution >= 0.6 is 0 Å². The van der Waals surface area contributed by atoms with E-state index in [1.807, 2.05) is 0 Å². The van der Waals surface area contributed by atoms with Crippen molar-refractivity contribution in [3.63, 3.8) is 0 Å². The Bertz CT molecular complexity index is 1230. The Labute approximate surface area is 218 Å². The lowest BCUT2D eigenvalue weighted by Crippen LogP contribution is -2.21. The summed E-state index contributed by atoms with van der Waals surface area (Å²) in [6, 6.07) is 4.26. The van der Waals surface area contributed by atoms with Crippen LogP contribution in [0.4, 0.5) is 24.8 Å². The average molecular weight is 535 g/mol. The average Bonchev–Trinajstić information content (AvgIpc) is 3.01. The number of carbonyl (C=O) groups excluding carboxylic acids is 1. The molecular weight excluding hydrogens is 505 g/mol. The van der Waals surface area contributed by atoms with E-state index in [9.17, 15) is 18.0 Å². The molecule has 1 amide bonds. The van der Waals surface area contributed by atoms with Gasteiger partial charge in [-0.1, -0.05) is 0 Å². The van der Waals surface area contributed by atoms with Gasteiger partial charge >= 0.3 is 0 Å². The van der Waals surface area contributed by atoms with E-state index in [4.69, 9.17) is 18.9 Å². The Morgan fingerprint density at radius 1 is 1.05 bits per heavy atom. The molecule has 0 atom stereocenters. The number of hydrogen-bond acceptors (Lipinski definition) is 8. The number of rotatable bonds is 12. The van der Waals surface area contributed by atoms with E-state index < -0.39 is 24.1 Å². The van der Waals surface area contributed by atoms with Crippen LogP contribution in [-0.2, 0) is 14.3 Å². The van der Waals surface area contributed by atoms with Gasteiger partial charge in [-0.05, 0) is 24.6 Å². The second-order valence-corrected chi connectivity index (χ2v) is 8.25. The molecule has 1 aliphatic rings. The van der Waals surface area contributed by atoms with E-state index in [0.29, 0.717) is 18.5 Å². The molecule has 1 aromatic carbocycles. The van der Waals surface area contributed by atoms with E-state index in [-0.39, 0.29) is 53.5 Å². The third-order valence-corrected chi connectivity index (χ3v) is 5.42. The van der Waals surface area contributed by atoms with Crippen LogP contribution < -0.4 is 14.8 Å². The molecule has 0 unspecified atom stereocenters. The van der Waals surface area contributed by atoms with E-state index in [1.54, 1.807) is 20.2 Å². The molecule has 0 aliphatic heterocycles. The number of hydrogen-bond donors (Lipinski definition) is 1. The first-order valence-electron chi connectivity index (χ1n) is 11.6. The van der Waals surface area contributed by atoms with Gasteiger partial charge in [0.05, 0.1) is 38.8 Å². The lowest BCUT2D eigenvalue weighted by molar-refractivity contribution is -0.128. The molecule has 204 valence electrons. The van der Waals surface area contributed by atoms with Crippen molar-refractivity contribution in [3.8, 4) is 11.5 Å². The quantitative estimate of drug-likeness (QED) is 0.382. The van der Waals surface area contributed by atoms with Crippen molar-refractivity contribution in [1.29, 1.82) is 0 Å². The zero-order valence-corrected chi connectivity index (χ0v) is 21.5. The summed E-state index contributed by atoms with van der Waals surface area (Å²) in [5.41, 5.74) is 0.00639. The largest absolute Gasteiger partial charge is 0.498 e. The van der Waals surface area contributed by atoms with Crippen LogP contribution in [0, 0.1) is 5.82 Å². The lowest BCUT2D eigenvalue weighted by atomic mass is 10.2. The summed E-state index contributed by atoms with van der Waals surface area (Å²) in [4.78, 5) is 21.2. The number of benzene rings is 1. The Balaban J connectivity index is 1.57. The van der Waals surface area contributed by atoms with Gasteiger partial charge in [0.25, 0.3) is 0 Å². The number of amides is 1. The van der Waals surface area contributed by atoms with Crippen LogP contribution in [0.1, 0.15) is 19.3 Å². The van der Waals surface area contributed by atoms with Crippen molar-refractivity contribution in [2.75, 3.05) is 46.8 Å². The second kappa shape index (κ2) is 13.4. The molecule has 2 aromatic rings. The fourth-order valence-electron chi connectivity index (χ4n) is 3.32. The molecule has 0 saturated carbocycles. The normalized spacial score (nSPS) is 13.5. The zero-order valence-electron chi connectivity index (χ0n) is 21.5.